The van der Waals surface area contributed by atoms with Crippen LogP contribution < -0.4 is 5.32 Å². The first-order valence-electron chi connectivity index (χ1n) is 7.13. The van der Waals surface area contributed by atoms with Gasteiger partial charge in [0.1, 0.15) is 0 Å². The molecule has 0 fully saturated rings. The van der Waals surface area contributed by atoms with Crippen LogP contribution in [0.5, 0.6) is 0 Å². The molecule has 0 spiro atoms. The Morgan fingerprint density at radius 2 is 1.85 bits per heavy atom. The molecule has 1 aromatic rings. The number of carbonyl (C=O) groups is 1. The lowest BCUT2D eigenvalue weighted by Gasteiger charge is -2.33. The molecule has 0 radical (unpaired) electrons. The molecule has 1 amide bonds. The van der Waals surface area contributed by atoms with Gasteiger partial charge in [-0.1, -0.05) is 44.5 Å². The fourth-order valence-corrected chi connectivity index (χ4v) is 2.97. The van der Waals surface area contributed by atoms with Crippen molar-refractivity contribution in [1.82, 2.24) is 5.32 Å². The summed E-state index contributed by atoms with van der Waals surface area (Å²) in [5.41, 5.74) is 1.12. The molecule has 2 nitrogen and oxygen atoms in total. The lowest BCUT2D eigenvalue weighted by atomic mass is 9.81. The molecule has 0 aliphatic carbocycles. The molecule has 0 aromatic heterocycles. The van der Waals surface area contributed by atoms with Gasteiger partial charge in [0.2, 0.25) is 5.91 Å². The number of halogens is 1. The van der Waals surface area contributed by atoms with E-state index in [9.17, 15) is 4.79 Å². The summed E-state index contributed by atoms with van der Waals surface area (Å²) in [5.74, 6) is 0.0965. The highest BCUT2D eigenvalue weighted by Gasteiger charge is 2.26. The predicted octanol–water partition coefficient (Wildman–Crippen LogP) is 4.60. The Morgan fingerprint density at radius 3 is 2.40 bits per heavy atom. The quantitative estimate of drug-likeness (QED) is 0.845. The van der Waals surface area contributed by atoms with Crippen molar-refractivity contribution < 1.29 is 4.79 Å². The standard InChI is InChI=1S/C17H26ClNO/c1-16(2,3)12-17(4,5)19-15(20)10-9-13-7-6-8-14(18)11-13/h6-8,11H,9-10,12H2,1-5H3,(H,19,20). The van der Waals surface area contributed by atoms with Crippen LogP contribution in [0.3, 0.4) is 0 Å². The number of hydrogen-bond donors (Lipinski definition) is 1. The van der Waals surface area contributed by atoms with Gasteiger partial charge in [0.15, 0.2) is 0 Å². The van der Waals surface area contributed by atoms with Gasteiger partial charge in [0.25, 0.3) is 0 Å². The molecule has 3 heteroatoms. The Morgan fingerprint density at radius 1 is 1.20 bits per heavy atom. The second-order valence-electron chi connectivity index (χ2n) is 7.30. The van der Waals surface area contributed by atoms with Crippen molar-refractivity contribution in [2.24, 2.45) is 5.41 Å². The smallest absolute Gasteiger partial charge is 0.220 e. The Bertz CT molecular complexity index is 460. The maximum absolute atomic E-state index is 12.1. The molecule has 0 atom stereocenters. The number of benzene rings is 1. The molecule has 0 saturated heterocycles. The summed E-state index contributed by atoms with van der Waals surface area (Å²) < 4.78 is 0. The number of carbonyl (C=O) groups excluding carboxylic acids is 1. The third-order valence-corrected chi connectivity index (χ3v) is 3.21. The van der Waals surface area contributed by atoms with Gasteiger partial charge < -0.3 is 5.32 Å². The molecule has 0 unspecified atom stereocenters. The molecule has 0 aliphatic rings. The minimum Gasteiger partial charge on any atom is -0.351 e. The number of hydrogen-bond acceptors (Lipinski definition) is 1. The van der Waals surface area contributed by atoms with Crippen molar-refractivity contribution in [2.45, 2.75) is 59.4 Å². The van der Waals surface area contributed by atoms with Crippen LogP contribution >= 0.6 is 11.6 Å². The normalized spacial score (nSPS) is 12.3. The monoisotopic (exact) mass is 295 g/mol. The summed E-state index contributed by atoms with van der Waals surface area (Å²) in [6.07, 6.45) is 2.16. The SMILES string of the molecule is CC(C)(C)CC(C)(C)NC(=O)CCc1cccc(Cl)c1. The molecule has 1 aromatic carbocycles. The van der Waals surface area contributed by atoms with Crippen LogP contribution in [0.4, 0.5) is 0 Å². The largest absolute Gasteiger partial charge is 0.351 e. The number of nitrogens with one attached hydrogen (secondary N) is 1. The van der Waals surface area contributed by atoms with Gasteiger partial charge in [-0.15, -0.1) is 0 Å². The minimum absolute atomic E-state index is 0.0965. The Balaban J connectivity index is 2.47. The first-order valence-corrected chi connectivity index (χ1v) is 7.51. The van der Waals surface area contributed by atoms with Crippen LogP contribution in [-0.4, -0.2) is 11.4 Å². The molecule has 1 rings (SSSR count). The second kappa shape index (κ2) is 6.62. The lowest BCUT2D eigenvalue weighted by molar-refractivity contribution is -0.122. The highest BCUT2D eigenvalue weighted by atomic mass is 35.5. The van der Waals surface area contributed by atoms with E-state index >= 15 is 0 Å². The van der Waals surface area contributed by atoms with E-state index in [2.05, 4.69) is 39.9 Å². The molecular formula is C17H26ClNO. The van der Waals surface area contributed by atoms with Crippen LogP contribution in [0.1, 0.15) is 53.0 Å². The summed E-state index contributed by atoms with van der Waals surface area (Å²) in [6, 6.07) is 7.67. The Labute approximate surface area is 127 Å². The topological polar surface area (TPSA) is 29.1 Å². The molecule has 112 valence electrons. The van der Waals surface area contributed by atoms with Crippen molar-refractivity contribution in [2.75, 3.05) is 0 Å². The third kappa shape index (κ3) is 6.95. The summed E-state index contributed by atoms with van der Waals surface area (Å²) >= 11 is 5.94. The Hall–Kier alpha value is -1.02. The highest BCUT2D eigenvalue weighted by molar-refractivity contribution is 6.30. The van der Waals surface area contributed by atoms with Gasteiger partial charge in [-0.3, -0.25) is 4.79 Å². The van der Waals surface area contributed by atoms with Gasteiger partial charge in [0.05, 0.1) is 0 Å². The van der Waals surface area contributed by atoms with E-state index in [4.69, 9.17) is 11.6 Å². The van der Waals surface area contributed by atoms with Crippen LogP contribution in [0.15, 0.2) is 24.3 Å². The zero-order valence-corrected chi connectivity index (χ0v) is 14.0. The van der Waals surface area contributed by atoms with E-state index < -0.39 is 0 Å². The van der Waals surface area contributed by atoms with Crippen molar-refractivity contribution in [3.8, 4) is 0 Å². The summed E-state index contributed by atoms with van der Waals surface area (Å²) in [7, 11) is 0. The van der Waals surface area contributed by atoms with Gasteiger partial charge >= 0.3 is 0 Å². The predicted molar refractivity (Wildman–Crippen MR) is 86.1 cm³/mol. The lowest BCUT2D eigenvalue weighted by Crippen LogP contribution is -2.45. The molecule has 0 bridgehead atoms. The fourth-order valence-electron chi connectivity index (χ4n) is 2.76. The highest BCUT2D eigenvalue weighted by Crippen LogP contribution is 2.26. The van der Waals surface area contributed by atoms with E-state index in [0.717, 1.165) is 23.4 Å². The summed E-state index contributed by atoms with van der Waals surface area (Å²) in [6.45, 7) is 10.7. The first-order chi connectivity index (χ1) is 9.07. The van der Waals surface area contributed by atoms with Crippen LogP contribution in [0.2, 0.25) is 5.02 Å². The van der Waals surface area contributed by atoms with Crippen molar-refractivity contribution in [1.29, 1.82) is 0 Å². The Kier molecular flexibility index (Phi) is 5.64. The minimum atomic E-state index is -0.177. The van der Waals surface area contributed by atoms with E-state index in [1.54, 1.807) is 0 Å². The maximum Gasteiger partial charge on any atom is 0.220 e. The van der Waals surface area contributed by atoms with Crippen LogP contribution in [0, 0.1) is 5.41 Å². The average Bonchev–Trinajstić information content (AvgIpc) is 2.22. The van der Waals surface area contributed by atoms with Crippen LogP contribution in [0.25, 0.3) is 0 Å². The van der Waals surface area contributed by atoms with Gasteiger partial charge in [-0.2, -0.15) is 0 Å². The maximum atomic E-state index is 12.1. The number of rotatable bonds is 5. The molecular weight excluding hydrogens is 270 g/mol. The van der Waals surface area contributed by atoms with Crippen LogP contribution in [-0.2, 0) is 11.2 Å². The molecule has 1 N–H and O–H groups in total. The van der Waals surface area contributed by atoms with Gasteiger partial charge in [-0.25, -0.2) is 0 Å². The van der Waals surface area contributed by atoms with E-state index in [0.29, 0.717) is 6.42 Å². The van der Waals surface area contributed by atoms with Crippen molar-refractivity contribution in [3.63, 3.8) is 0 Å². The second-order valence-corrected chi connectivity index (χ2v) is 7.74. The number of amides is 1. The van der Waals surface area contributed by atoms with E-state index in [1.807, 2.05) is 24.3 Å². The number of aryl methyl sites for hydroxylation is 1. The van der Waals surface area contributed by atoms with Crippen molar-refractivity contribution >= 4 is 17.5 Å². The van der Waals surface area contributed by atoms with Gasteiger partial charge in [0, 0.05) is 17.0 Å². The zero-order valence-electron chi connectivity index (χ0n) is 13.2. The molecule has 0 heterocycles. The molecule has 0 aliphatic heterocycles. The zero-order chi connectivity index (χ0) is 15.4. The van der Waals surface area contributed by atoms with E-state index in [1.165, 1.54) is 0 Å². The van der Waals surface area contributed by atoms with Gasteiger partial charge in [-0.05, 0) is 49.8 Å². The summed E-state index contributed by atoms with van der Waals surface area (Å²) in [5, 5.41) is 3.84. The first kappa shape index (κ1) is 17.0. The average molecular weight is 296 g/mol. The third-order valence-electron chi connectivity index (χ3n) is 2.98. The molecule has 20 heavy (non-hydrogen) atoms. The molecule has 0 saturated carbocycles. The van der Waals surface area contributed by atoms with Crippen molar-refractivity contribution in [3.05, 3.63) is 34.9 Å². The fraction of sp³-hybridized carbons (Fsp3) is 0.588. The van der Waals surface area contributed by atoms with E-state index in [-0.39, 0.29) is 16.9 Å². The summed E-state index contributed by atoms with van der Waals surface area (Å²) in [4.78, 5) is 12.1.